The third-order valence-corrected chi connectivity index (χ3v) is 2.54. The van der Waals surface area contributed by atoms with Crippen LogP contribution in [0.1, 0.15) is 19.4 Å². The molecule has 0 N–H and O–H groups in total. The van der Waals surface area contributed by atoms with Crippen molar-refractivity contribution < 1.29 is 0 Å². The van der Waals surface area contributed by atoms with Gasteiger partial charge in [0.25, 0.3) is 0 Å². The van der Waals surface area contributed by atoms with Crippen LogP contribution in [-0.4, -0.2) is 18.6 Å². The fourth-order valence-electron chi connectivity index (χ4n) is 1.44. The van der Waals surface area contributed by atoms with Crippen LogP contribution in [0.3, 0.4) is 0 Å². The Balaban J connectivity index is 2.84. The predicted octanol–water partition coefficient (Wildman–Crippen LogP) is 3.24. The highest BCUT2D eigenvalue weighted by Gasteiger charge is 2.08. The van der Waals surface area contributed by atoms with Gasteiger partial charge in [-0.1, -0.05) is 13.8 Å². The molecule has 78 valence electrons. The topological polar surface area (TPSA) is 16.1 Å². The quantitative estimate of drug-likeness (QED) is 0.826. The fourth-order valence-corrected chi connectivity index (χ4v) is 2.21. The van der Waals surface area contributed by atoms with E-state index in [0.717, 1.165) is 16.8 Å². The van der Waals surface area contributed by atoms with Gasteiger partial charge in [-0.15, -0.1) is 0 Å². The molecule has 0 atom stereocenters. The Morgan fingerprint density at radius 1 is 1.50 bits per heavy atom. The summed E-state index contributed by atoms with van der Waals surface area (Å²) in [5.74, 6) is 1.67. The van der Waals surface area contributed by atoms with E-state index in [1.807, 2.05) is 13.1 Å². The van der Waals surface area contributed by atoms with Gasteiger partial charge in [0.05, 0.1) is 4.47 Å². The number of rotatable bonds is 3. The smallest absolute Gasteiger partial charge is 0.142 e. The van der Waals surface area contributed by atoms with Crippen LogP contribution in [0.25, 0.3) is 0 Å². The molecule has 0 aliphatic carbocycles. The zero-order chi connectivity index (χ0) is 10.7. The van der Waals surface area contributed by atoms with Crippen molar-refractivity contribution >= 4 is 21.7 Å². The fraction of sp³-hybridized carbons (Fsp3) is 0.545. The SMILES string of the molecule is Cc1cnc(N(C)CC(C)C)c(Br)c1. The number of aromatic nitrogens is 1. The Hall–Kier alpha value is -0.570. The van der Waals surface area contributed by atoms with Crippen LogP contribution in [0.2, 0.25) is 0 Å². The van der Waals surface area contributed by atoms with Gasteiger partial charge in [0.15, 0.2) is 0 Å². The van der Waals surface area contributed by atoms with Gasteiger partial charge >= 0.3 is 0 Å². The van der Waals surface area contributed by atoms with Crippen molar-refractivity contribution in [1.29, 1.82) is 0 Å². The highest BCUT2D eigenvalue weighted by atomic mass is 79.9. The van der Waals surface area contributed by atoms with E-state index >= 15 is 0 Å². The summed E-state index contributed by atoms with van der Waals surface area (Å²) < 4.78 is 1.07. The summed E-state index contributed by atoms with van der Waals surface area (Å²) >= 11 is 3.53. The van der Waals surface area contributed by atoms with Gasteiger partial charge in [0, 0.05) is 19.8 Å². The van der Waals surface area contributed by atoms with Crippen LogP contribution in [0.15, 0.2) is 16.7 Å². The summed E-state index contributed by atoms with van der Waals surface area (Å²) in [4.78, 5) is 6.58. The van der Waals surface area contributed by atoms with Crippen LogP contribution in [0.4, 0.5) is 5.82 Å². The van der Waals surface area contributed by atoms with Crippen molar-refractivity contribution in [3.05, 3.63) is 22.3 Å². The van der Waals surface area contributed by atoms with Crippen molar-refractivity contribution in [2.45, 2.75) is 20.8 Å². The second-order valence-electron chi connectivity index (χ2n) is 4.09. The Morgan fingerprint density at radius 3 is 2.64 bits per heavy atom. The Labute approximate surface area is 94.5 Å². The van der Waals surface area contributed by atoms with Gasteiger partial charge in [-0.3, -0.25) is 0 Å². The van der Waals surface area contributed by atoms with Crippen molar-refractivity contribution in [2.24, 2.45) is 5.92 Å². The molecule has 1 heterocycles. The maximum Gasteiger partial charge on any atom is 0.142 e. The number of halogens is 1. The molecule has 0 spiro atoms. The first-order chi connectivity index (χ1) is 6.50. The number of hydrogen-bond donors (Lipinski definition) is 0. The average molecular weight is 257 g/mol. The summed E-state index contributed by atoms with van der Waals surface area (Å²) in [7, 11) is 2.07. The van der Waals surface area contributed by atoms with Crippen molar-refractivity contribution in [1.82, 2.24) is 4.98 Å². The minimum atomic E-state index is 0.648. The second kappa shape index (κ2) is 4.78. The van der Waals surface area contributed by atoms with E-state index in [1.165, 1.54) is 5.56 Å². The first-order valence-electron chi connectivity index (χ1n) is 4.84. The van der Waals surface area contributed by atoms with E-state index in [0.29, 0.717) is 5.92 Å². The Kier molecular flexibility index (Phi) is 3.93. The van der Waals surface area contributed by atoms with E-state index < -0.39 is 0 Å². The number of anilines is 1. The van der Waals surface area contributed by atoms with Crippen LogP contribution >= 0.6 is 15.9 Å². The normalized spacial score (nSPS) is 10.7. The molecule has 1 rings (SSSR count). The molecule has 1 aromatic rings. The zero-order valence-electron chi connectivity index (χ0n) is 9.21. The van der Waals surface area contributed by atoms with E-state index in [1.54, 1.807) is 0 Å². The average Bonchev–Trinajstić information content (AvgIpc) is 2.01. The number of nitrogens with zero attached hydrogens (tertiary/aromatic N) is 2. The summed E-state index contributed by atoms with van der Waals surface area (Å²) in [6.45, 7) is 7.48. The van der Waals surface area contributed by atoms with Gasteiger partial charge in [0.2, 0.25) is 0 Å². The van der Waals surface area contributed by atoms with E-state index in [9.17, 15) is 0 Å². The summed E-state index contributed by atoms with van der Waals surface area (Å²) in [6, 6.07) is 2.10. The Bertz CT molecular complexity index is 310. The lowest BCUT2D eigenvalue weighted by Gasteiger charge is -2.21. The van der Waals surface area contributed by atoms with Gasteiger partial charge < -0.3 is 4.90 Å². The maximum absolute atomic E-state index is 4.41. The molecule has 2 nitrogen and oxygen atoms in total. The number of aryl methyl sites for hydroxylation is 1. The summed E-state index contributed by atoms with van der Waals surface area (Å²) in [5, 5.41) is 0. The molecular weight excluding hydrogens is 240 g/mol. The maximum atomic E-state index is 4.41. The minimum Gasteiger partial charge on any atom is -0.358 e. The third-order valence-electron chi connectivity index (χ3n) is 1.96. The Morgan fingerprint density at radius 2 is 2.14 bits per heavy atom. The largest absolute Gasteiger partial charge is 0.358 e. The molecule has 0 aromatic carbocycles. The van der Waals surface area contributed by atoms with E-state index in [-0.39, 0.29) is 0 Å². The molecule has 0 fully saturated rings. The van der Waals surface area contributed by atoms with Gasteiger partial charge in [-0.2, -0.15) is 0 Å². The minimum absolute atomic E-state index is 0.648. The van der Waals surface area contributed by atoms with Crippen molar-refractivity contribution in [3.63, 3.8) is 0 Å². The lowest BCUT2D eigenvalue weighted by atomic mass is 10.2. The molecule has 0 aliphatic rings. The zero-order valence-corrected chi connectivity index (χ0v) is 10.8. The molecule has 3 heteroatoms. The van der Waals surface area contributed by atoms with Crippen molar-refractivity contribution in [2.75, 3.05) is 18.5 Å². The second-order valence-corrected chi connectivity index (χ2v) is 4.95. The molecule has 14 heavy (non-hydrogen) atoms. The van der Waals surface area contributed by atoms with Crippen LogP contribution in [0.5, 0.6) is 0 Å². The van der Waals surface area contributed by atoms with Crippen molar-refractivity contribution in [3.8, 4) is 0 Å². The summed E-state index contributed by atoms with van der Waals surface area (Å²) in [6.07, 6.45) is 1.90. The first-order valence-corrected chi connectivity index (χ1v) is 5.63. The number of hydrogen-bond acceptors (Lipinski definition) is 2. The first kappa shape index (κ1) is 11.5. The molecule has 0 radical (unpaired) electrons. The van der Waals surface area contributed by atoms with Crippen LogP contribution < -0.4 is 4.90 Å². The van der Waals surface area contributed by atoms with Crippen LogP contribution in [-0.2, 0) is 0 Å². The molecule has 1 aromatic heterocycles. The monoisotopic (exact) mass is 256 g/mol. The molecule has 0 bridgehead atoms. The molecule has 0 aliphatic heterocycles. The lowest BCUT2D eigenvalue weighted by molar-refractivity contribution is 0.634. The molecule has 0 saturated carbocycles. The highest BCUT2D eigenvalue weighted by Crippen LogP contribution is 2.23. The molecular formula is C11H17BrN2. The van der Waals surface area contributed by atoms with Gasteiger partial charge in [0.1, 0.15) is 5.82 Å². The molecule has 0 unspecified atom stereocenters. The summed E-state index contributed by atoms with van der Waals surface area (Å²) in [5.41, 5.74) is 1.18. The van der Waals surface area contributed by atoms with Crippen LogP contribution in [0, 0.1) is 12.8 Å². The molecule has 0 saturated heterocycles. The lowest BCUT2D eigenvalue weighted by Crippen LogP contribution is -2.23. The molecule has 0 amide bonds. The van der Waals surface area contributed by atoms with E-state index in [2.05, 4.69) is 52.8 Å². The number of pyridine rings is 1. The highest BCUT2D eigenvalue weighted by molar-refractivity contribution is 9.10. The van der Waals surface area contributed by atoms with E-state index in [4.69, 9.17) is 0 Å². The van der Waals surface area contributed by atoms with Gasteiger partial charge in [-0.05, 0) is 40.4 Å². The van der Waals surface area contributed by atoms with Gasteiger partial charge in [-0.25, -0.2) is 4.98 Å². The standard InChI is InChI=1S/C11H17BrN2/c1-8(2)7-14(4)11-10(12)5-9(3)6-13-11/h5-6,8H,7H2,1-4H3. The predicted molar refractivity (Wildman–Crippen MR) is 64.8 cm³/mol. The third kappa shape index (κ3) is 2.98.